The summed E-state index contributed by atoms with van der Waals surface area (Å²) in [5.41, 5.74) is 29.4. The first-order valence-corrected chi connectivity index (χ1v) is 12.0. The van der Waals surface area contributed by atoms with Gasteiger partial charge >= 0.3 is 18.0 Å². The number of carbonyl (C=O) groups excluding carboxylic acids is 1. The van der Waals surface area contributed by atoms with Gasteiger partial charge in [0, 0.05) is 36.1 Å². The lowest BCUT2D eigenvalue weighted by Crippen LogP contribution is -2.33. The van der Waals surface area contributed by atoms with Crippen LogP contribution < -0.4 is 34.4 Å². The zero-order valence-corrected chi connectivity index (χ0v) is 17.4. The first-order valence-electron chi connectivity index (χ1n) is 7.00. The molecule has 0 saturated carbocycles. The fourth-order valence-electron chi connectivity index (χ4n) is 0.599. The van der Waals surface area contributed by atoms with Gasteiger partial charge < -0.3 is 44.6 Å². The SMILES string of the molecule is NC(CSSCC(N)C(=O)O)C(=O)O.NC(N)=O.NCCSSCCN. The van der Waals surface area contributed by atoms with Crippen molar-refractivity contribution in [2.24, 2.45) is 34.4 Å². The van der Waals surface area contributed by atoms with Crippen LogP contribution in [0.1, 0.15) is 0 Å². The third-order valence-electron chi connectivity index (χ3n) is 1.70. The number of hydrogen-bond acceptors (Lipinski definition) is 11. The minimum Gasteiger partial charge on any atom is -0.480 e. The van der Waals surface area contributed by atoms with Crippen molar-refractivity contribution in [3.05, 3.63) is 0 Å². The van der Waals surface area contributed by atoms with E-state index < -0.39 is 30.1 Å². The van der Waals surface area contributed by atoms with Crippen molar-refractivity contribution < 1.29 is 24.6 Å². The van der Waals surface area contributed by atoms with Gasteiger partial charge in [0.05, 0.1) is 0 Å². The van der Waals surface area contributed by atoms with Gasteiger partial charge in [0.2, 0.25) is 0 Å². The molecule has 0 aromatic carbocycles. The minimum absolute atomic E-state index is 0.229. The quantitative estimate of drug-likeness (QED) is 0.124. The molecule has 0 aliphatic heterocycles. The maximum Gasteiger partial charge on any atom is 0.321 e. The highest BCUT2D eigenvalue weighted by Gasteiger charge is 2.14. The standard InChI is InChI=1S/C6H12N2O4S2.C4H12N2S2.CH4N2O/c7-3(5(9)10)1-13-14-2-4(8)6(11)12;5-1-3-7-8-4-2-6;2-1(3)4/h3-4H,1-2,7-8H2,(H,9,10)(H,11,12);1-6H2;(H4,2,3,4). The van der Waals surface area contributed by atoms with Crippen LogP contribution in [0.2, 0.25) is 0 Å². The number of carboxylic acid groups (broad SMARTS) is 2. The zero-order chi connectivity index (χ0) is 21.0. The second-order valence-electron chi connectivity index (χ2n) is 4.08. The number of aliphatic carboxylic acids is 2. The summed E-state index contributed by atoms with van der Waals surface area (Å²) in [6.45, 7) is 1.53. The number of rotatable bonds is 12. The van der Waals surface area contributed by atoms with E-state index in [1.165, 1.54) is 21.6 Å². The minimum atomic E-state index is -1.07. The number of primary amides is 2. The van der Waals surface area contributed by atoms with E-state index >= 15 is 0 Å². The molecule has 0 saturated heterocycles. The van der Waals surface area contributed by atoms with E-state index in [2.05, 4.69) is 11.5 Å². The van der Waals surface area contributed by atoms with E-state index in [-0.39, 0.29) is 11.5 Å². The molecule has 0 aliphatic carbocycles. The van der Waals surface area contributed by atoms with Crippen molar-refractivity contribution in [2.45, 2.75) is 12.1 Å². The van der Waals surface area contributed by atoms with Crippen LogP contribution in [-0.4, -0.2) is 76.4 Å². The molecule has 0 aromatic heterocycles. The summed E-state index contributed by atoms with van der Waals surface area (Å²) in [6, 6.07) is -2.68. The highest BCUT2D eigenvalue weighted by molar-refractivity contribution is 8.77. The van der Waals surface area contributed by atoms with E-state index in [1.807, 2.05) is 0 Å². The fourth-order valence-corrected chi connectivity index (χ4v) is 4.54. The van der Waals surface area contributed by atoms with Crippen LogP contribution in [-0.2, 0) is 9.59 Å². The van der Waals surface area contributed by atoms with Crippen molar-refractivity contribution in [3.8, 4) is 0 Å². The van der Waals surface area contributed by atoms with Crippen molar-refractivity contribution >= 4 is 61.1 Å². The van der Waals surface area contributed by atoms with Crippen molar-refractivity contribution in [2.75, 3.05) is 36.1 Å². The number of hydrogen-bond donors (Lipinski definition) is 8. The average molecular weight is 453 g/mol. The second kappa shape index (κ2) is 22.5. The van der Waals surface area contributed by atoms with Gasteiger partial charge in [0.1, 0.15) is 12.1 Å². The van der Waals surface area contributed by atoms with Gasteiger partial charge in [0.15, 0.2) is 0 Å². The molecule has 0 aliphatic rings. The monoisotopic (exact) mass is 452 g/mol. The number of carboxylic acids is 2. The number of nitrogens with two attached hydrogens (primary N) is 6. The largest absolute Gasteiger partial charge is 0.480 e. The van der Waals surface area contributed by atoms with Crippen LogP contribution in [0, 0.1) is 0 Å². The summed E-state index contributed by atoms with van der Waals surface area (Å²) in [7, 11) is 5.98. The highest BCUT2D eigenvalue weighted by Crippen LogP contribution is 2.22. The van der Waals surface area contributed by atoms with Crippen LogP contribution in [0.5, 0.6) is 0 Å². The zero-order valence-electron chi connectivity index (χ0n) is 14.1. The Morgan fingerprint density at radius 3 is 1.19 bits per heavy atom. The summed E-state index contributed by atoms with van der Waals surface area (Å²) in [5, 5.41) is 16.8. The van der Waals surface area contributed by atoms with Gasteiger partial charge in [-0.05, 0) is 0 Å². The Bertz CT molecular complexity index is 351. The van der Waals surface area contributed by atoms with Crippen molar-refractivity contribution in [1.29, 1.82) is 0 Å². The molecule has 2 unspecified atom stereocenters. The van der Waals surface area contributed by atoms with Crippen molar-refractivity contribution in [1.82, 2.24) is 0 Å². The summed E-state index contributed by atoms with van der Waals surface area (Å²) in [6.07, 6.45) is 0. The van der Waals surface area contributed by atoms with Gasteiger partial charge in [-0.2, -0.15) is 0 Å². The maximum atomic E-state index is 10.3. The summed E-state index contributed by atoms with van der Waals surface area (Å²) >= 11 is 0. The average Bonchev–Trinajstić information content (AvgIpc) is 2.55. The molecule has 26 heavy (non-hydrogen) atoms. The van der Waals surface area contributed by atoms with Gasteiger partial charge in [-0.25, -0.2) is 4.79 Å². The van der Waals surface area contributed by atoms with E-state index in [4.69, 9.17) is 37.9 Å². The Kier molecular flexibility index (Phi) is 26.1. The Morgan fingerprint density at radius 2 is 1.00 bits per heavy atom. The molecule has 2 amide bonds. The Labute approximate surface area is 168 Å². The fraction of sp³-hybridized carbons (Fsp3) is 0.727. The van der Waals surface area contributed by atoms with Crippen LogP contribution in [0.15, 0.2) is 0 Å². The molecule has 11 nitrogen and oxygen atoms in total. The maximum absolute atomic E-state index is 10.3. The predicted octanol–water partition coefficient (Wildman–Crippen LogP) is -1.50. The summed E-state index contributed by atoms with van der Waals surface area (Å²) in [5.74, 6) is 0.384. The predicted molar refractivity (Wildman–Crippen MR) is 113 cm³/mol. The Hall–Kier alpha value is -0.550. The lowest BCUT2D eigenvalue weighted by Gasteiger charge is -2.07. The highest BCUT2D eigenvalue weighted by atomic mass is 33.1. The Balaban J connectivity index is -0.000000370. The van der Waals surface area contributed by atoms with E-state index in [1.54, 1.807) is 21.6 Å². The molecule has 0 aromatic rings. The van der Waals surface area contributed by atoms with Crippen molar-refractivity contribution in [3.63, 3.8) is 0 Å². The molecule has 0 heterocycles. The molecular formula is C11H28N6O5S4. The normalized spacial score (nSPS) is 11.8. The van der Waals surface area contributed by atoms with E-state index in [9.17, 15) is 9.59 Å². The topological polar surface area (TPSA) is 248 Å². The number of carbonyl (C=O) groups is 3. The van der Waals surface area contributed by atoms with Gasteiger partial charge in [-0.3, -0.25) is 9.59 Å². The van der Waals surface area contributed by atoms with Gasteiger partial charge in [0.25, 0.3) is 0 Å². The third-order valence-corrected chi connectivity index (χ3v) is 6.64. The van der Waals surface area contributed by atoms with E-state index in [0.29, 0.717) is 0 Å². The smallest absolute Gasteiger partial charge is 0.321 e. The molecule has 15 heteroatoms. The van der Waals surface area contributed by atoms with Crippen LogP contribution in [0.25, 0.3) is 0 Å². The van der Waals surface area contributed by atoms with Crippen LogP contribution >= 0.6 is 43.2 Å². The molecule has 2 atom stereocenters. The van der Waals surface area contributed by atoms with Crippen LogP contribution in [0.3, 0.4) is 0 Å². The molecule has 0 radical (unpaired) electrons. The number of amides is 2. The molecule has 0 bridgehead atoms. The lowest BCUT2D eigenvalue weighted by atomic mass is 10.4. The van der Waals surface area contributed by atoms with E-state index in [0.717, 1.165) is 24.6 Å². The van der Waals surface area contributed by atoms with Gasteiger partial charge in [-0.15, -0.1) is 0 Å². The lowest BCUT2D eigenvalue weighted by molar-refractivity contribution is -0.138. The summed E-state index contributed by atoms with van der Waals surface area (Å²) < 4.78 is 0. The second-order valence-corrected chi connectivity index (χ2v) is 9.34. The molecule has 0 rings (SSSR count). The third kappa shape index (κ3) is 31.2. The van der Waals surface area contributed by atoms with Gasteiger partial charge in [-0.1, -0.05) is 43.2 Å². The first kappa shape index (κ1) is 30.2. The molecular weight excluding hydrogens is 424 g/mol. The molecule has 0 spiro atoms. The number of urea groups is 1. The Morgan fingerprint density at radius 1 is 0.731 bits per heavy atom. The molecule has 156 valence electrons. The molecule has 0 fully saturated rings. The summed E-state index contributed by atoms with van der Waals surface area (Å²) in [4.78, 5) is 29.5. The molecule has 14 N–H and O–H groups in total. The first-order chi connectivity index (χ1) is 12.1. The van der Waals surface area contributed by atoms with Crippen LogP contribution in [0.4, 0.5) is 4.79 Å².